The van der Waals surface area contributed by atoms with E-state index in [1.54, 1.807) is 12.1 Å². The van der Waals surface area contributed by atoms with E-state index in [9.17, 15) is 19.2 Å². The molecule has 4 rings (SSSR count). The highest BCUT2D eigenvalue weighted by atomic mass is 16.5. The fourth-order valence-corrected chi connectivity index (χ4v) is 5.12. The third kappa shape index (κ3) is 9.51. The van der Waals surface area contributed by atoms with Crippen LogP contribution in [-0.2, 0) is 9.53 Å². The first-order chi connectivity index (χ1) is 21.9. The largest absolute Gasteiger partial charge is 0.494 e. The molecule has 45 heavy (non-hydrogen) atoms. The molecule has 0 bridgehead atoms. The van der Waals surface area contributed by atoms with E-state index >= 15 is 0 Å². The first kappa shape index (κ1) is 33.4. The van der Waals surface area contributed by atoms with Crippen molar-refractivity contribution >= 4 is 23.8 Å². The summed E-state index contributed by atoms with van der Waals surface area (Å²) in [5.41, 5.74) is 2.27. The van der Waals surface area contributed by atoms with Gasteiger partial charge < -0.3 is 14.2 Å². The molecular weight excluding hydrogens is 570 g/mol. The van der Waals surface area contributed by atoms with Gasteiger partial charge in [0.2, 0.25) is 0 Å². The van der Waals surface area contributed by atoms with Gasteiger partial charge in [-0.1, -0.05) is 89.5 Å². The molecule has 0 spiro atoms. The van der Waals surface area contributed by atoms with Crippen LogP contribution in [0.1, 0.15) is 109 Å². The van der Waals surface area contributed by atoms with Crippen molar-refractivity contribution in [2.24, 2.45) is 0 Å². The van der Waals surface area contributed by atoms with Crippen LogP contribution in [0, 0.1) is 0 Å². The average molecular weight is 614 g/mol. The second-order valence-electron chi connectivity index (χ2n) is 11.3. The summed E-state index contributed by atoms with van der Waals surface area (Å²) in [7, 11) is 0. The van der Waals surface area contributed by atoms with Crippen LogP contribution >= 0.6 is 0 Å². The SMILES string of the molecule is CCCCCCCCCCOc1ccc(-c2ccc(OC(=O)c3ccc4c(c3)C(=O)N(CC(=O)OCCCC)C4=O)cc2)cc1. The molecule has 8 nitrogen and oxygen atoms in total. The highest BCUT2D eigenvalue weighted by molar-refractivity contribution is 6.22. The molecule has 3 aromatic carbocycles. The van der Waals surface area contributed by atoms with Crippen LogP contribution in [0.2, 0.25) is 0 Å². The molecule has 0 atom stereocenters. The molecule has 2 amide bonds. The lowest BCUT2D eigenvalue weighted by Crippen LogP contribution is -2.35. The minimum absolute atomic E-state index is 0.0522. The van der Waals surface area contributed by atoms with E-state index in [1.165, 1.54) is 63.1 Å². The van der Waals surface area contributed by atoms with Crippen molar-refractivity contribution in [1.82, 2.24) is 4.90 Å². The van der Waals surface area contributed by atoms with Crippen molar-refractivity contribution in [2.75, 3.05) is 19.8 Å². The molecule has 238 valence electrons. The van der Waals surface area contributed by atoms with Crippen molar-refractivity contribution in [3.05, 3.63) is 83.4 Å². The highest BCUT2D eigenvalue weighted by Gasteiger charge is 2.37. The van der Waals surface area contributed by atoms with Gasteiger partial charge in [-0.05, 0) is 66.4 Å². The van der Waals surface area contributed by atoms with Crippen LogP contribution in [-0.4, -0.2) is 48.4 Å². The molecule has 0 aliphatic carbocycles. The Morgan fingerprint density at radius 3 is 1.84 bits per heavy atom. The predicted molar refractivity (Wildman–Crippen MR) is 173 cm³/mol. The maximum absolute atomic E-state index is 12.9. The minimum atomic E-state index is -0.666. The zero-order valence-electron chi connectivity index (χ0n) is 26.3. The summed E-state index contributed by atoms with van der Waals surface area (Å²) >= 11 is 0. The summed E-state index contributed by atoms with van der Waals surface area (Å²) in [5, 5.41) is 0. The number of esters is 2. The lowest BCUT2D eigenvalue weighted by atomic mass is 10.1. The van der Waals surface area contributed by atoms with E-state index in [2.05, 4.69) is 6.92 Å². The van der Waals surface area contributed by atoms with Gasteiger partial charge in [-0.2, -0.15) is 0 Å². The van der Waals surface area contributed by atoms with Gasteiger partial charge >= 0.3 is 11.9 Å². The smallest absolute Gasteiger partial charge is 0.343 e. The van der Waals surface area contributed by atoms with Crippen molar-refractivity contribution in [1.29, 1.82) is 0 Å². The summed E-state index contributed by atoms with van der Waals surface area (Å²) in [4.78, 5) is 51.4. The maximum Gasteiger partial charge on any atom is 0.343 e. The lowest BCUT2D eigenvalue weighted by Gasteiger charge is -2.12. The summed E-state index contributed by atoms with van der Waals surface area (Å²) in [6.45, 7) is 4.68. The molecule has 0 aromatic heterocycles. The van der Waals surface area contributed by atoms with E-state index in [1.807, 2.05) is 43.3 Å². The zero-order valence-corrected chi connectivity index (χ0v) is 26.3. The Morgan fingerprint density at radius 1 is 0.622 bits per heavy atom. The fourth-order valence-electron chi connectivity index (χ4n) is 5.12. The quantitative estimate of drug-likeness (QED) is 0.0620. The number of benzene rings is 3. The summed E-state index contributed by atoms with van der Waals surface area (Å²) < 4.78 is 16.5. The van der Waals surface area contributed by atoms with Gasteiger partial charge in [0.25, 0.3) is 11.8 Å². The monoisotopic (exact) mass is 613 g/mol. The van der Waals surface area contributed by atoms with E-state index in [-0.39, 0.29) is 23.3 Å². The van der Waals surface area contributed by atoms with Crippen LogP contribution in [0.15, 0.2) is 66.7 Å². The second-order valence-corrected chi connectivity index (χ2v) is 11.3. The number of rotatable bonds is 18. The molecule has 0 fully saturated rings. The number of imide groups is 1. The third-order valence-corrected chi connectivity index (χ3v) is 7.77. The van der Waals surface area contributed by atoms with Gasteiger partial charge in [0.1, 0.15) is 18.0 Å². The number of hydrogen-bond acceptors (Lipinski definition) is 7. The summed E-state index contributed by atoms with van der Waals surface area (Å²) in [6, 6.07) is 19.2. The first-order valence-corrected chi connectivity index (χ1v) is 16.1. The average Bonchev–Trinajstić information content (AvgIpc) is 3.29. The Labute approximate surface area is 265 Å². The number of carbonyl (C=O) groups excluding carboxylic acids is 4. The van der Waals surface area contributed by atoms with E-state index < -0.39 is 30.3 Å². The molecular formula is C37H43NO7. The van der Waals surface area contributed by atoms with E-state index in [0.717, 1.165) is 41.2 Å². The summed E-state index contributed by atoms with van der Waals surface area (Å²) in [6.07, 6.45) is 11.7. The Bertz CT molecular complexity index is 1450. The molecule has 3 aromatic rings. The van der Waals surface area contributed by atoms with E-state index in [4.69, 9.17) is 14.2 Å². The standard InChI is InChI=1S/C37H43NO7/c1-3-5-7-8-9-10-11-12-24-43-30-18-13-27(14-19-30)28-15-20-31(21-16-28)45-37(42)29-17-22-32-33(25-29)36(41)38(35(32)40)26-34(39)44-23-6-4-2/h13-22,25H,3-12,23-24,26H2,1-2H3. The van der Waals surface area contributed by atoms with Gasteiger partial charge in [0, 0.05) is 0 Å². The van der Waals surface area contributed by atoms with Crippen molar-refractivity contribution in [3.63, 3.8) is 0 Å². The second kappa shape index (κ2) is 17.1. The van der Waals surface area contributed by atoms with Gasteiger partial charge in [0.05, 0.1) is 29.9 Å². The van der Waals surface area contributed by atoms with Gasteiger partial charge in [-0.3, -0.25) is 19.3 Å². The van der Waals surface area contributed by atoms with Crippen LogP contribution in [0.3, 0.4) is 0 Å². The molecule has 0 N–H and O–H groups in total. The Hall–Kier alpha value is -4.46. The van der Waals surface area contributed by atoms with Crippen LogP contribution < -0.4 is 9.47 Å². The number of hydrogen-bond donors (Lipinski definition) is 0. The summed E-state index contributed by atoms with van der Waals surface area (Å²) in [5.74, 6) is -1.38. The molecule has 0 saturated heterocycles. The molecule has 0 saturated carbocycles. The normalized spacial score (nSPS) is 12.3. The number of amides is 2. The van der Waals surface area contributed by atoms with Gasteiger partial charge in [0.15, 0.2) is 0 Å². The number of ether oxygens (including phenoxy) is 3. The molecule has 1 heterocycles. The molecule has 0 radical (unpaired) electrons. The van der Waals surface area contributed by atoms with Crippen LogP contribution in [0.25, 0.3) is 11.1 Å². The van der Waals surface area contributed by atoms with E-state index in [0.29, 0.717) is 12.2 Å². The molecule has 1 aliphatic heterocycles. The number of unbranched alkanes of at least 4 members (excludes halogenated alkanes) is 8. The van der Waals surface area contributed by atoms with Crippen molar-refractivity contribution in [3.8, 4) is 22.6 Å². The molecule has 0 unspecified atom stereocenters. The van der Waals surface area contributed by atoms with Crippen molar-refractivity contribution in [2.45, 2.75) is 78.1 Å². The topological polar surface area (TPSA) is 99.2 Å². The number of nitrogens with zero attached hydrogens (tertiary/aromatic N) is 1. The third-order valence-electron chi connectivity index (χ3n) is 7.77. The number of fused-ring (bicyclic) bond motifs is 1. The highest BCUT2D eigenvalue weighted by Crippen LogP contribution is 2.27. The van der Waals surface area contributed by atoms with Gasteiger partial charge in [-0.15, -0.1) is 0 Å². The molecule has 1 aliphatic rings. The Morgan fingerprint density at radius 2 is 1.20 bits per heavy atom. The maximum atomic E-state index is 12.9. The Balaban J connectivity index is 1.26. The predicted octanol–water partition coefficient (Wildman–Crippen LogP) is 8.03. The number of carbonyl (C=O) groups is 4. The zero-order chi connectivity index (χ0) is 32.0. The van der Waals surface area contributed by atoms with Crippen LogP contribution in [0.4, 0.5) is 0 Å². The molecule has 8 heteroatoms. The van der Waals surface area contributed by atoms with Crippen LogP contribution in [0.5, 0.6) is 11.5 Å². The Kier molecular flexibility index (Phi) is 12.7. The lowest BCUT2D eigenvalue weighted by molar-refractivity contribution is -0.144. The first-order valence-electron chi connectivity index (χ1n) is 16.1. The minimum Gasteiger partial charge on any atom is -0.494 e. The van der Waals surface area contributed by atoms with Gasteiger partial charge in [-0.25, -0.2) is 4.79 Å². The van der Waals surface area contributed by atoms with Crippen molar-refractivity contribution < 1.29 is 33.4 Å². The fraction of sp³-hybridized carbons (Fsp3) is 0.405.